The Balaban J connectivity index is 2.39. The molecule has 0 aliphatic rings. The molecule has 0 amide bonds. The third-order valence-corrected chi connectivity index (χ3v) is 3.67. The third kappa shape index (κ3) is 2.57. The van der Waals surface area contributed by atoms with E-state index < -0.39 is 0 Å². The van der Waals surface area contributed by atoms with Crippen molar-refractivity contribution >= 4 is 11.8 Å². The standard InChI is InChI=1S/C13H15FN2OS/c1-7(15)10-5-4-6-11(14)12(10)18-13-16-8(2)9(3)17-13/h4-7H,15H2,1-3H3. The highest BCUT2D eigenvalue weighted by atomic mass is 32.2. The molecule has 2 rings (SSSR count). The quantitative estimate of drug-likeness (QED) is 0.922. The molecule has 5 heteroatoms. The van der Waals surface area contributed by atoms with Crippen molar-refractivity contribution in [2.75, 3.05) is 0 Å². The summed E-state index contributed by atoms with van der Waals surface area (Å²) in [5.74, 6) is 0.444. The van der Waals surface area contributed by atoms with Crippen molar-refractivity contribution in [3.63, 3.8) is 0 Å². The maximum absolute atomic E-state index is 13.9. The van der Waals surface area contributed by atoms with Crippen molar-refractivity contribution < 1.29 is 8.81 Å². The summed E-state index contributed by atoms with van der Waals surface area (Å²) in [6.07, 6.45) is 0. The van der Waals surface area contributed by atoms with Crippen molar-refractivity contribution in [1.82, 2.24) is 4.98 Å². The highest BCUT2D eigenvalue weighted by molar-refractivity contribution is 7.99. The molecule has 1 aromatic carbocycles. The van der Waals surface area contributed by atoms with E-state index in [1.54, 1.807) is 6.07 Å². The van der Waals surface area contributed by atoms with Gasteiger partial charge in [0, 0.05) is 6.04 Å². The Kier molecular flexibility index (Phi) is 3.73. The Morgan fingerprint density at radius 3 is 2.67 bits per heavy atom. The largest absolute Gasteiger partial charge is 0.436 e. The van der Waals surface area contributed by atoms with E-state index in [0.29, 0.717) is 10.1 Å². The van der Waals surface area contributed by atoms with Gasteiger partial charge in [-0.1, -0.05) is 12.1 Å². The molecule has 2 N–H and O–H groups in total. The van der Waals surface area contributed by atoms with E-state index in [0.717, 1.165) is 17.0 Å². The Labute approximate surface area is 110 Å². The lowest BCUT2D eigenvalue weighted by Crippen LogP contribution is -2.07. The molecule has 0 saturated carbocycles. The molecule has 3 nitrogen and oxygen atoms in total. The van der Waals surface area contributed by atoms with Crippen LogP contribution in [0.15, 0.2) is 32.7 Å². The number of hydrogen-bond donors (Lipinski definition) is 1. The van der Waals surface area contributed by atoms with Gasteiger partial charge in [0.05, 0.1) is 10.6 Å². The average molecular weight is 266 g/mol. The van der Waals surface area contributed by atoms with Crippen molar-refractivity contribution in [2.24, 2.45) is 5.73 Å². The molecule has 96 valence electrons. The second-order valence-electron chi connectivity index (χ2n) is 4.17. The van der Waals surface area contributed by atoms with Gasteiger partial charge in [0.15, 0.2) is 0 Å². The number of oxazole rings is 1. The van der Waals surface area contributed by atoms with Crippen molar-refractivity contribution in [3.05, 3.63) is 41.0 Å². The summed E-state index contributed by atoms with van der Waals surface area (Å²) < 4.78 is 19.3. The van der Waals surface area contributed by atoms with E-state index in [4.69, 9.17) is 10.2 Å². The molecule has 1 heterocycles. The van der Waals surface area contributed by atoms with Crippen LogP contribution < -0.4 is 5.73 Å². The van der Waals surface area contributed by atoms with E-state index in [1.807, 2.05) is 26.8 Å². The summed E-state index contributed by atoms with van der Waals surface area (Å²) in [6, 6.07) is 4.65. The molecule has 0 fully saturated rings. The highest BCUT2D eigenvalue weighted by Gasteiger charge is 2.16. The fourth-order valence-electron chi connectivity index (χ4n) is 1.57. The maximum Gasteiger partial charge on any atom is 0.261 e. The van der Waals surface area contributed by atoms with Crippen LogP contribution >= 0.6 is 11.8 Å². The molecule has 1 unspecified atom stereocenters. The van der Waals surface area contributed by atoms with E-state index in [9.17, 15) is 4.39 Å². The van der Waals surface area contributed by atoms with Gasteiger partial charge in [-0.15, -0.1) is 0 Å². The first-order valence-electron chi connectivity index (χ1n) is 5.65. The first-order chi connectivity index (χ1) is 8.49. The van der Waals surface area contributed by atoms with Crippen LogP contribution in [0.2, 0.25) is 0 Å². The predicted molar refractivity (Wildman–Crippen MR) is 69.1 cm³/mol. The van der Waals surface area contributed by atoms with E-state index in [1.165, 1.54) is 17.8 Å². The third-order valence-electron chi connectivity index (χ3n) is 2.69. The first-order valence-corrected chi connectivity index (χ1v) is 6.46. The molecule has 0 spiro atoms. The van der Waals surface area contributed by atoms with Gasteiger partial charge in [-0.3, -0.25) is 0 Å². The molecule has 0 bridgehead atoms. The zero-order chi connectivity index (χ0) is 13.3. The summed E-state index contributed by atoms with van der Waals surface area (Å²) in [5.41, 5.74) is 7.41. The van der Waals surface area contributed by atoms with Gasteiger partial charge in [-0.05, 0) is 44.2 Å². The van der Waals surface area contributed by atoms with Gasteiger partial charge < -0.3 is 10.2 Å². The number of rotatable bonds is 3. The Morgan fingerprint density at radius 2 is 2.11 bits per heavy atom. The number of nitrogens with zero attached hydrogens (tertiary/aromatic N) is 1. The molecule has 0 aliphatic heterocycles. The summed E-state index contributed by atoms with van der Waals surface area (Å²) in [7, 11) is 0. The molecular weight excluding hydrogens is 251 g/mol. The minimum Gasteiger partial charge on any atom is -0.436 e. The van der Waals surface area contributed by atoms with Crippen molar-refractivity contribution in [2.45, 2.75) is 36.9 Å². The highest BCUT2D eigenvalue weighted by Crippen LogP contribution is 2.35. The van der Waals surface area contributed by atoms with Crippen LogP contribution in [-0.4, -0.2) is 4.98 Å². The molecule has 0 saturated heterocycles. The van der Waals surface area contributed by atoms with Crippen LogP contribution in [0.4, 0.5) is 4.39 Å². The first kappa shape index (κ1) is 13.1. The number of aromatic nitrogens is 1. The number of aryl methyl sites for hydroxylation is 2. The maximum atomic E-state index is 13.9. The second-order valence-corrected chi connectivity index (χ2v) is 5.13. The zero-order valence-corrected chi connectivity index (χ0v) is 11.3. The van der Waals surface area contributed by atoms with Crippen molar-refractivity contribution in [1.29, 1.82) is 0 Å². The molecule has 1 atom stereocenters. The number of halogens is 1. The minimum absolute atomic E-state index is 0.236. The van der Waals surface area contributed by atoms with Gasteiger partial charge >= 0.3 is 0 Å². The van der Waals surface area contributed by atoms with Crippen LogP contribution in [0.3, 0.4) is 0 Å². The topological polar surface area (TPSA) is 52.0 Å². The predicted octanol–water partition coefficient (Wildman–Crippen LogP) is 3.60. The summed E-state index contributed by atoms with van der Waals surface area (Å²) in [4.78, 5) is 4.72. The Hall–Kier alpha value is -1.33. The molecule has 0 radical (unpaired) electrons. The van der Waals surface area contributed by atoms with Gasteiger partial charge in [0.25, 0.3) is 5.22 Å². The SMILES string of the molecule is Cc1nc(Sc2c(F)cccc2C(C)N)oc1C. The fraction of sp³-hybridized carbons (Fsp3) is 0.308. The molecule has 0 aliphatic carbocycles. The van der Waals surface area contributed by atoms with Crippen LogP contribution in [-0.2, 0) is 0 Å². The van der Waals surface area contributed by atoms with Gasteiger partial charge in [-0.2, -0.15) is 0 Å². The summed E-state index contributed by atoms with van der Waals surface area (Å²) in [5, 5.41) is 0.442. The normalized spacial score (nSPS) is 12.7. The van der Waals surface area contributed by atoms with E-state index >= 15 is 0 Å². The average Bonchev–Trinajstić information content (AvgIpc) is 2.60. The van der Waals surface area contributed by atoms with E-state index in [2.05, 4.69) is 4.98 Å². The zero-order valence-electron chi connectivity index (χ0n) is 10.5. The minimum atomic E-state index is -0.302. The lowest BCUT2D eigenvalue weighted by molar-refractivity contribution is 0.430. The number of hydrogen-bond acceptors (Lipinski definition) is 4. The fourth-order valence-corrected chi connectivity index (χ4v) is 2.63. The molecule has 18 heavy (non-hydrogen) atoms. The van der Waals surface area contributed by atoms with Crippen molar-refractivity contribution in [3.8, 4) is 0 Å². The number of benzene rings is 1. The lowest BCUT2D eigenvalue weighted by atomic mass is 10.1. The molecule has 2 aromatic rings. The van der Waals surface area contributed by atoms with Crippen LogP contribution in [0.5, 0.6) is 0 Å². The van der Waals surface area contributed by atoms with Crippen LogP contribution in [0.1, 0.15) is 30.0 Å². The Morgan fingerprint density at radius 1 is 1.39 bits per heavy atom. The van der Waals surface area contributed by atoms with Gasteiger partial charge in [0.1, 0.15) is 11.6 Å². The summed E-state index contributed by atoms with van der Waals surface area (Å²) in [6.45, 7) is 5.52. The molecule has 1 aromatic heterocycles. The Bertz CT molecular complexity index is 547. The van der Waals surface area contributed by atoms with E-state index in [-0.39, 0.29) is 11.9 Å². The summed E-state index contributed by atoms with van der Waals surface area (Å²) >= 11 is 1.17. The lowest BCUT2D eigenvalue weighted by Gasteiger charge is -2.11. The van der Waals surface area contributed by atoms with Crippen LogP contribution in [0.25, 0.3) is 0 Å². The van der Waals surface area contributed by atoms with Crippen LogP contribution in [0, 0.1) is 19.7 Å². The smallest absolute Gasteiger partial charge is 0.261 e. The monoisotopic (exact) mass is 266 g/mol. The number of nitrogens with two attached hydrogens (primary N) is 1. The van der Waals surface area contributed by atoms with Gasteiger partial charge in [0.2, 0.25) is 0 Å². The van der Waals surface area contributed by atoms with Gasteiger partial charge in [-0.25, -0.2) is 9.37 Å². The molecular formula is C13H15FN2OS. The second kappa shape index (κ2) is 5.12.